The zero-order chi connectivity index (χ0) is 15.2. The van der Waals surface area contributed by atoms with Crippen molar-refractivity contribution in [2.45, 2.75) is 39.3 Å². The summed E-state index contributed by atoms with van der Waals surface area (Å²) in [5, 5.41) is 9.81. The van der Waals surface area contributed by atoms with E-state index in [0.717, 1.165) is 37.6 Å². The largest absolute Gasteiger partial charge is 0.382 e. The molecule has 0 aromatic heterocycles. The van der Waals surface area contributed by atoms with E-state index in [1.807, 2.05) is 18.2 Å². The Hall–Kier alpha value is -1.59. The fourth-order valence-electron chi connectivity index (χ4n) is 2.58. The topological polar surface area (TPSA) is 62.4 Å². The van der Waals surface area contributed by atoms with Crippen LogP contribution < -0.4 is 16.0 Å². The lowest BCUT2D eigenvalue weighted by Crippen LogP contribution is -2.43. The molecule has 5 heteroatoms. The molecule has 1 aliphatic rings. The summed E-state index contributed by atoms with van der Waals surface area (Å²) >= 11 is 0. The number of carbonyl (C=O) groups excluding carboxylic acids is 1. The summed E-state index contributed by atoms with van der Waals surface area (Å²) in [6, 6.07) is 6.65. The van der Waals surface area contributed by atoms with Crippen molar-refractivity contribution in [2.24, 2.45) is 0 Å². The molecule has 0 radical (unpaired) electrons. The van der Waals surface area contributed by atoms with E-state index < -0.39 is 0 Å². The lowest BCUT2D eigenvalue weighted by Gasteiger charge is -2.27. The third-order valence-corrected chi connectivity index (χ3v) is 3.60. The molecule has 0 bridgehead atoms. The van der Waals surface area contributed by atoms with E-state index in [4.69, 9.17) is 4.74 Å². The minimum Gasteiger partial charge on any atom is -0.382 e. The first-order valence-electron chi connectivity index (χ1n) is 7.50. The molecule has 1 saturated heterocycles. The van der Waals surface area contributed by atoms with Crippen LogP contribution in [0.1, 0.15) is 25.8 Å². The number of rotatable bonds is 5. The molecule has 5 nitrogen and oxygen atoms in total. The average molecular weight is 291 g/mol. The van der Waals surface area contributed by atoms with Gasteiger partial charge in [-0.1, -0.05) is 6.07 Å². The molecule has 1 aliphatic heterocycles. The van der Waals surface area contributed by atoms with Crippen LogP contribution in [-0.2, 0) is 9.53 Å². The van der Waals surface area contributed by atoms with Gasteiger partial charge in [-0.3, -0.25) is 4.79 Å². The van der Waals surface area contributed by atoms with E-state index in [1.165, 1.54) is 12.5 Å². The van der Waals surface area contributed by atoms with Crippen molar-refractivity contribution in [3.05, 3.63) is 23.8 Å². The highest BCUT2D eigenvalue weighted by atomic mass is 16.5. The SMILES string of the molecule is CC(=O)Nc1ccc(C)c(NC(C)CC2COCCN2)c1. The maximum Gasteiger partial charge on any atom is 0.221 e. The molecule has 21 heavy (non-hydrogen) atoms. The number of benzene rings is 1. The van der Waals surface area contributed by atoms with Crippen molar-refractivity contribution >= 4 is 17.3 Å². The van der Waals surface area contributed by atoms with E-state index in [0.29, 0.717) is 12.1 Å². The smallest absolute Gasteiger partial charge is 0.221 e. The van der Waals surface area contributed by atoms with Crippen molar-refractivity contribution < 1.29 is 9.53 Å². The van der Waals surface area contributed by atoms with Crippen LogP contribution in [0.3, 0.4) is 0 Å². The Balaban J connectivity index is 1.95. The van der Waals surface area contributed by atoms with Gasteiger partial charge in [0.1, 0.15) is 0 Å². The number of amides is 1. The summed E-state index contributed by atoms with van der Waals surface area (Å²) in [5.74, 6) is -0.0543. The third-order valence-electron chi connectivity index (χ3n) is 3.60. The van der Waals surface area contributed by atoms with E-state index in [9.17, 15) is 4.79 Å². The third kappa shape index (κ3) is 5.02. The highest BCUT2D eigenvalue weighted by Gasteiger charge is 2.16. The summed E-state index contributed by atoms with van der Waals surface area (Å²) in [4.78, 5) is 11.1. The molecule has 0 spiro atoms. The highest BCUT2D eigenvalue weighted by molar-refractivity contribution is 5.89. The second-order valence-corrected chi connectivity index (χ2v) is 5.72. The van der Waals surface area contributed by atoms with Crippen LogP contribution in [-0.4, -0.2) is 37.7 Å². The van der Waals surface area contributed by atoms with Crippen molar-refractivity contribution in [1.82, 2.24) is 5.32 Å². The fourth-order valence-corrected chi connectivity index (χ4v) is 2.58. The Bertz CT molecular complexity index is 484. The van der Waals surface area contributed by atoms with Gasteiger partial charge in [0.2, 0.25) is 5.91 Å². The van der Waals surface area contributed by atoms with Crippen molar-refractivity contribution in [1.29, 1.82) is 0 Å². The van der Waals surface area contributed by atoms with E-state index in [1.54, 1.807) is 0 Å². The molecule has 116 valence electrons. The molecule has 1 aromatic rings. The van der Waals surface area contributed by atoms with Crippen LogP contribution in [0.25, 0.3) is 0 Å². The summed E-state index contributed by atoms with van der Waals surface area (Å²) < 4.78 is 5.48. The molecular formula is C16H25N3O2. The average Bonchev–Trinajstić information content (AvgIpc) is 2.43. The molecule has 2 unspecified atom stereocenters. The van der Waals surface area contributed by atoms with Crippen molar-refractivity contribution in [2.75, 3.05) is 30.4 Å². The van der Waals surface area contributed by atoms with Gasteiger partial charge in [-0.2, -0.15) is 0 Å². The molecule has 1 aromatic carbocycles. The Morgan fingerprint density at radius 3 is 3.00 bits per heavy atom. The molecule has 1 heterocycles. The molecular weight excluding hydrogens is 266 g/mol. The molecule has 1 fully saturated rings. The van der Waals surface area contributed by atoms with Crippen molar-refractivity contribution in [3.63, 3.8) is 0 Å². The zero-order valence-corrected chi connectivity index (χ0v) is 13.0. The van der Waals surface area contributed by atoms with E-state index >= 15 is 0 Å². The van der Waals surface area contributed by atoms with Gasteiger partial charge < -0.3 is 20.7 Å². The van der Waals surface area contributed by atoms with Crippen LogP contribution in [0.5, 0.6) is 0 Å². The first kappa shape index (κ1) is 15.8. The van der Waals surface area contributed by atoms with Gasteiger partial charge in [0, 0.05) is 36.9 Å². The highest BCUT2D eigenvalue weighted by Crippen LogP contribution is 2.22. The molecule has 0 saturated carbocycles. The van der Waals surface area contributed by atoms with Crippen molar-refractivity contribution in [3.8, 4) is 0 Å². The van der Waals surface area contributed by atoms with Gasteiger partial charge in [-0.05, 0) is 38.0 Å². The van der Waals surface area contributed by atoms with Gasteiger partial charge in [0.05, 0.1) is 13.2 Å². The monoisotopic (exact) mass is 291 g/mol. The fraction of sp³-hybridized carbons (Fsp3) is 0.562. The van der Waals surface area contributed by atoms with Crippen LogP contribution in [0.4, 0.5) is 11.4 Å². The molecule has 0 aliphatic carbocycles. The predicted molar refractivity (Wildman–Crippen MR) is 85.8 cm³/mol. The number of nitrogens with one attached hydrogen (secondary N) is 3. The second kappa shape index (κ2) is 7.43. The van der Waals surface area contributed by atoms with Crippen LogP contribution in [0.2, 0.25) is 0 Å². The summed E-state index contributed by atoms with van der Waals surface area (Å²) in [6.07, 6.45) is 1.00. The van der Waals surface area contributed by atoms with Crippen LogP contribution in [0, 0.1) is 6.92 Å². The number of hydrogen-bond donors (Lipinski definition) is 3. The molecule has 3 N–H and O–H groups in total. The first-order chi connectivity index (χ1) is 10.0. The zero-order valence-electron chi connectivity index (χ0n) is 13.0. The molecule has 2 rings (SSSR count). The lowest BCUT2D eigenvalue weighted by molar-refractivity contribution is -0.114. The number of hydrogen-bond acceptors (Lipinski definition) is 4. The van der Waals surface area contributed by atoms with Gasteiger partial charge in [-0.25, -0.2) is 0 Å². The van der Waals surface area contributed by atoms with Gasteiger partial charge in [0.25, 0.3) is 0 Å². The second-order valence-electron chi connectivity index (χ2n) is 5.72. The number of anilines is 2. The summed E-state index contributed by atoms with van der Waals surface area (Å²) in [7, 11) is 0. The quantitative estimate of drug-likeness (QED) is 0.778. The normalized spacial score (nSPS) is 19.9. The van der Waals surface area contributed by atoms with Gasteiger partial charge in [-0.15, -0.1) is 0 Å². The Labute approximate surface area is 126 Å². The summed E-state index contributed by atoms with van der Waals surface area (Å²) in [6.45, 7) is 8.25. The Kier molecular flexibility index (Phi) is 5.59. The Morgan fingerprint density at radius 1 is 1.52 bits per heavy atom. The van der Waals surface area contributed by atoms with Gasteiger partial charge >= 0.3 is 0 Å². The minimum atomic E-state index is -0.0543. The van der Waals surface area contributed by atoms with E-state index in [-0.39, 0.29) is 5.91 Å². The predicted octanol–water partition coefficient (Wildman–Crippen LogP) is 2.13. The maximum absolute atomic E-state index is 11.1. The summed E-state index contributed by atoms with van der Waals surface area (Å²) in [5.41, 5.74) is 3.05. The number of ether oxygens (including phenoxy) is 1. The van der Waals surface area contributed by atoms with Gasteiger partial charge in [0.15, 0.2) is 0 Å². The Morgan fingerprint density at radius 2 is 2.33 bits per heavy atom. The molecule has 2 atom stereocenters. The van der Waals surface area contributed by atoms with E-state index in [2.05, 4.69) is 29.8 Å². The molecule has 1 amide bonds. The first-order valence-corrected chi connectivity index (χ1v) is 7.50. The minimum absolute atomic E-state index is 0.0543. The number of carbonyl (C=O) groups is 1. The maximum atomic E-state index is 11.1. The number of aryl methyl sites for hydroxylation is 1. The van der Waals surface area contributed by atoms with Crippen LogP contribution in [0.15, 0.2) is 18.2 Å². The number of morpholine rings is 1. The van der Waals surface area contributed by atoms with Crippen LogP contribution >= 0.6 is 0 Å². The lowest BCUT2D eigenvalue weighted by atomic mass is 10.1. The standard InChI is InChI=1S/C16H25N3O2/c1-11-4-5-14(19-13(3)20)9-16(11)18-12(2)8-15-10-21-7-6-17-15/h4-5,9,12,15,17-18H,6-8,10H2,1-3H3,(H,19,20).